The van der Waals surface area contributed by atoms with E-state index in [1.54, 1.807) is 0 Å². The molecule has 0 aromatic heterocycles. The molecule has 0 spiro atoms. The van der Waals surface area contributed by atoms with E-state index in [-0.39, 0.29) is 0 Å². The summed E-state index contributed by atoms with van der Waals surface area (Å²) in [5, 5.41) is 0. The summed E-state index contributed by atoms with van der Waals surface area (Å²) in [6.07, 6.45) is 6.45. The molecule has 0 aliphatic heterocycles. The zero-order valence-electron chi connectivity index (χ0n) is 5.55. The van der Waals surface area contributed by atoms with Crippen molar-refractivity contribution in [3.05, 3.63) is 0 Å². The van der Waals surface area contributed by atoms with E-state index in [1.807, 2.05) is 0 Å². The van der Waals surface area contributed by atoms with Crippen molar-refractivity contribution in [1.82, 2.24) is 0 Å². The lowest BCUT2D eigenvalue weighted by Crippen LogP contribution is -2.10. The third-order valence-electron chi connectivity index (χ3n) is 2.97. The van der Waals surface area contributed by atoms with Gasteiger partial charge in [0.2, 0.25) is 0 Å². The molecule has 2 rings (SSSR count). The SMILES string of the molecule is O=C[C@H]1CC2CCC1C2. The number of rotatable bonds is 1. The summed E-state index contributed by atoms with van der Waals surface area (Å²) in [5.41, 5.74) is 0. The maximum atomic E-state index is 10.4. The average Bonchev–Trinajstić information content (AvgIpc) is 2.45. The number of hydrogen-bond donors (Lipinski definition) is 0. The molecule has 1 heteroatoms. The molecule has 2 aliphatic carbocycles. The summed E-state index contributed by atoms with van der Waals surface area (Å²) in [5.74, 6) is 2.15. The monoisotopic (exact) mass is 124 g/mol. The Hall–Kier alpha value is -0.330. The van der Waals surface area contributed by atoms with Crippen LogP contribution in [0.4, 0.5) is 0 Å². The van der Waals surface area contributed by atoms with Crippen molar-refractivity contribution in [2.45, 2.75) is 25.7 Å². The first-order valence-electron chi connectivity index (χ1n) is 3.85. The van der Waals surface area contributed by atoms with Crippen LogP contribution in [0.1, 0.15) is 25.7 Å². The number of aldehydes is 1. The van der Waals surface area contributed by atoms with Crippen LogP contribution in [0, 0.1) is 17.8 Å². The molecule has 2 bridgehead atoms. The predicted octanol–water partition coefficient (Wildman–Crippen LogP) is 1.62. The lowest BCUT2D eigenvalue weighted by atomic mass is 9.90. The van der Waals surface area contributed by atoms with E-state index >= 15 is 0 Å². The normalized spacial score (nSPS) is 47.8. The van der Waals surface area contributed by atoms with Crippen LogP contribution >= 0.6 is 0 Å². The van der Waals surface area contributed by atoms with Crippen LogP contribution in [-0.4, -0.2) is 6.29 Å². The molecule has 9 heavy (non-hydrogen) atoms. The number of fused-ring (bicyclic) bond motifs is 2. The van der Waals surface area contributed by atoms with Crippen LogP contribution in [0.25, 0.3) is 0 Å². The topological polar surface area (TPSA) is 17.1 Å². The van der Waals surface area contributed by atoms with Gasteiger partial charge in [-0.1, -0.05) is 6.42 Å². The molecule has 2 unspecified atom stereocenters. The zero-order valence-corrected chi connectivity index (χ0v) is 5.55. The van der Waals surface area contributed by atoms with Crippen LogP contribution in [0.2, 0.25) is 0 Å². The predicted molar refractivity (Wildman–Crippen MR) is 35.0 cm³/mol. The summed E-state index contributed by atoms with van der Waals surface area (Å²) in [4.78, 5) is 10.4. The first-order chi connectivity index (χ1) is 4.40. The molecular formula is C8H12O. The Morgan fingerprint density at radius 3 is 2.44 bits per heavy atom. The van der Waals surface area contributed by atoms with Gasteiger partial charge in [0, 0.05) is 5.92 Å². The molecule has 50 valence electrons. The Labute approximate surface area is 55.4 Å². The van der Waals surface area contributed by atoms with Gasteiger partial charge >= 0.3 is 0 Å². The van der Waals surface area contributed by atoms with Crippen LogP contribution in [0.5, 0.6) is 0 Å². The van der Waals surface area contributed by atoms with Gasteiger partial charge in [-0.15, -0.1) is 0 Å². The molecule has 0 radical (unpaired) electrons. The summed E-state index contributed by atoms with van der Waals surface area (Å²) in [7, 11) is 0. The van der Waals surface area contributed by atoms with E-state index in [1.165, 1.54) is 32.0 Å². The Bertz CT molecular complexity index is 131. The van der Waals surface area contributed by atoms with E-state index in [0.29, 0.717) is 5.92 Å². The summed E-state index contributed by atoms with van der Waals surface area (Å²) in [6, 6.07) is 0. The van der Waals surface area contributed by atoms with Gasteiger partial charge in [-0.3, -0.25) is 0 Å². The molecular weight excluding hydrogens is 112 g/mol. The smallest absolute Gasteiger partial charge is 0.123 e. The van der Waals surface area contributed by atoms with Crippen LogP contribution in [0.15, 0.2) is 0 Å². The molecule has 0 heterocycles. The maximum absolute atomic E-state index is 10.4. The van der Waals surface area contributed by atoms with Gasteiger partial charge in [-0.05, 0) is 31.1 Å². The first-order valence-corrected chi connectivity index (χ1v) is 3.85. The second kappa shape index (κ2) is 1.83. The summed E-state index contributed by atoms with van der Waals surface area (Å²) in [6.45, 7) is 0. The molecule has 2 fully saturated rings. The fraction of sp³-hybridized carbons (Fsp3) is 0.875. The number of carbonyl (C=O) groups excluding carboxylic acids is 1. The van der Waals surface area contributed by atoms with Crippen molar-refractivity contribution in [1.29, 1.82) is 0 Å². The van der Waals surface area contributed by atoms with E-state index in [9.17, 15) is 4.79 Å². The third kappa shape index (κ3) is 0.707. The third-order valence-corrected chi connectivity index (χ3v) is 2.97. The molecule has 0 saturated heterocycles. The lowest BCUT2D eigenvalue weighted by Gasteiger charge is -2.14. The van der Waals surface area contributed by atoms with Crippen LogP contribution in [-0.2, 0) is 4.79 Å². The molecule has 0 N–H and O–H groups in total. The summed E-state index contributed by atoms with van der Waals surface area (Å²) >= 11 is 0. The fourth-order valence-corrected chi connectivity index (χ4v) is 2.46. The van der Waals surface area contributed by atoms with E-state index < -0.39 is 0 Å². The minimum absolute atomic E-state index is 0.448. The quantitative estimate of drug-likeness (QED) is 0.485. The van der Waals surface area contributed by atoms with Gasteiger partial charge < -0.3 is 4.79 Å². The van der Waals surface area contributed by atoms with Gasteiger partial charge in [0.1, 0.15) is 6.29 Å². The summed E-state index contributed by atoms with van der Waals surface area (Å²) < 4.78 is 0. The molecule has 0 amide bonds. The molecule has 2 saturated carbocycles. The highest BCUT2D eigenvalue weighted by Gasteiger charge is 2.38. The van der Waals surface area contributed by atoms with Crippen molar-refractivity contribution in [2.24, 2.45) is 17.8 Å². The highest BCUT2D eigenvalue weighted by atomic mass is 16.1. The minimum atomic E-state index is 0.448. The fourth-order valence-electron chi connectivity index (χ4n) is 2.46. The average molecular weight is 124 g/mol. The van der Waals surface area contributed by atoms with Gasteiger partial charge in [-0.25, -0.2) is 0 Å². The molecule has 0 aromatic carbocycles. The van der Waals surface area contributed by atoms with Crippen molar-refractivity contribution in [3.8, 4) is 0 Å². The van der Waals surface area contributed by atoms with E-state index in [0.717, 1.165) is 11.8 Å². The lowest BCUT2D eigenvalue weighted by molar-refractivity contribution is -0.112. The Balaban J connectivity index is 2.09. The van der Waals surface area contributed by atoms with Crippen molar-refractivity contribution < 1.29 is 4.79 Å². The van der Waals surface area contributed by atoms with Gasteiger partial charge in [0.05, 0.1) is 0 Å². The molecule has 3 atom stereocenters. The molecule has 0 aromatic rings. The standard InChI is InChI=1S/C8H12O/c9-5-8-4-6-1-2-7(8)3-6/h5-8H,1-4H2/t6?,7?,8-/m1/s1. The first kappa shape index (κ1) is 5.45. The number of carbonyl (C=O) groups is 1. The van der Waals surface area contributed by atoms with E-state index in [2.05, 4.69) is 0 Å². The second-order valence-electron chi connectivity index (χ2n) is 3.47. The Kier molecular flexibility index (Phi) is 1.11. The minimum Gasteiger partial charge on any atom is -0.303 e. The highest BCUT2D eigenvalue weighted by Crippen LogP contribution is 2.47. The van der Waals surface area contributed by atoms with Crippen LogP contribution in [0.3, 0.4) is 0 Å². The second-order valence-corrected chi connectivity index (χ2v) is 3.47. The Morgan fingerprint density at radius 1 is 1.22 bits per heavy atom. The zero-order chi connectivity index (χ0) is 6.27. The van der Waals surface area contributed by atoms with Crippen molar-refractivity contribution >= 4 is 6.29 Å². The largest absolute Gasteiger partial charge is 0.303 e. The molecule has 1 nitrogen and oxygen atoms in total. The molecule has 2 aliphatic rings. The van der Waals surface area contributed by atoms with Crippen LogP contribution < -0.4 is 0 Å². The maximum Gasteiger partial charge on any atom is 0.123 e. The highest BCUT2D eigenvalue weighted by molar-refractivity contribution is 5.55. The van der Waals surface area contributed by atoms with Crippen molar-refractivity contribution in [2.75, 3.05) is 0 Å². The van der Waals surface area contributed by atoms with Gasteiger partial charge in [0.25, 0.3) is 0 Å². The van der Waals surface area contributed by atoms with Gasteiger partial charge in [0.15, 0.2) is 0 Å². The van der Waals surface area contributed by atoms with E-state index in [4.69, 9.17) is 0 Å². The number of hydrogen-bond acceptors (Lipinski definition) is 1. The van der Waals surface area contributed by atoms with Gasteiger partial charge in [-0.2, -0.15) is 0 Å². The Morgan fingerprint density at radius 2 is 2.11 bits per heavy atom. The van der Waals surface area contributed by atoms with Crippen molar-refractivity contribution in [3.63, 3.8) is 0 Å².